The van der Waals surface area contributed by atoms with Gasteiger partial charge < -0.3 is 4.90 Å². The second kappa shape index (κ2) is 3.62. The molecule has 1 atom stereocenters. The van der Waals surface area contributed by atoms with Gasteiger partial charge in [-0.25, -0.2) is 0 Å². The van der Waals surface area contributed by atoms with Gasteiger partial charge in [0.15, 0.2) is 0 Å². The van der Waals surface area contributed by atoms with E-state index in [2.05, 4.69) is 48.5 Å². The monoisotopic (exact) mass is 204 g/mol. The average Bonchev–Trinajstić information content (AvgIpc) is 2.23. The molecular weight excluding hydrogens is 186 g/mol. The summed E-state index contributed by atoms with van der Waals surface area (Å²) in [6, 6.07) is 10.4. The molecule has 0 aliphatic carbocycles. The molecule has 0 N–H and O–H groups in total. The fourth-order valence-corrected chi connectivity index (χ4v) is 3.63. The van der Waals surface area contributed by atoms with Crippen LogP contribution < -0.4 is 4.90 Å². The third kappa shape index (κ3) is 2.07. The Morgan fingerprint density at radius 3 is 2.64 bits per heavy atom. The second-order valence-electron chi connectivity index (χ2n) is 4.46. The minimum Gasteiger partial charge on any atom is -0.351 e. The van der Waals surface area contributed by atoms with Crippen molar-refractivity contribution in [3.8, 4) is 0 Å². The van der Waals surface area contributed by atoms with Crippen LogP contribution in [0.3, 0.4) is 0 Å². The lowest BCUT2D eigenvalue weighted by Gasteiger charge is -2.33. The molecule has 0 saturated carbocycles. The molecule has 1 nitrogen and oxygen atoms in total. The van der Waals surface area contributed by atoms with Gasteiger partial charge in [-0.15, -0.1) is 0 Å². The molecule has 1 heterocycles. The summed E-state index contributed by atoms with van der Waals surface area (Å²) in [6.07, 6.45) is 5.13. The quantitative estimate of drug-likeness (QED) is 0.635. The molecule has 2 rings (SSSR count). The smallest absolute Gasteiger partial charge is 0.0738 e. The van der Waals surface area contributed by atoms with Gasteiger partial charge in [-0.2, -0.15) is 0 Å². The third-order valence-corrected chi connectivity index (χ3v) is 4.73. The van der Waals surface area contributed by atoms with Crippen molar-refractivity contribution in [1.82, 2.24) is 0 Å². The number of hydrogen-bond donors (Lipinski definition) is 0. The van der Waals surface area contributed by atoms with Crippen LogP contribution in [0.1, 0.15) is 1.37 Å². The molecule has 14 heavy (non-hydrogen) atoms. The van der Waals surface area contributed by atoms with E-state index in [9.17, 15) is 0 Å². The Morgan fingerprint density at radius 2 is 2.00 bits per heavy atom. The zero-order chi connectivity index (χ0) is 10.9. The summed E-state index contributed by atoms with van der Waals surface area (Å²) in [5, 5.41) is 0. The molecule has 0 radical (unpaired) electrons. The van der Waals surface area contributed by atoms with E-state index in [1.165, 1.54) is 5.69 Å². The molecule has 74 valence electrons. The number of hydrogen-bond acceptors (Lipinski definition) is 1. The highest BCUT2D eigenvalue weighted by atomic mass is 28.3. The summed E-state index contributed by atoms with van der Waals surface area (Å²) < 4.78 is 7.98. The van der Waals surface area contributed by atoms with Crippen molar-refractivity contribution < 1.29 is 1.37 Å². The largest absolute Gasteiger partial charge is 0.351 e. The van der Waals surface area contributed by atoms with Gasteiger partial charge in [0, 0.05) is 13.2 Å². The Morgan fingerprint density at radius 1 is 1.29 bits per heavy atom. The molecule has 2 heteroatoms. The van der Waals surface area contributed by atoms with Crippen molar-refractivity contribution in [3.05, 3.63) is 42.6 Å². The molecule has 0 saturated heterocycles. The average molecular weight is 204 g/mol. The molecule has 1 aromatic rings. The number of allylic oxidation sites excluding steroid dienone is 1. The standard InChI is InChI=1S/C12H17NSi/c1-14(2)10-6-9-13(11-14)12-7-4-3-5-8-12/h3-9H,10-11H2,1-2H3/i10D. The molecule has 0 aromatic heterocycles. The van der Waals surface area contributed by atoms with E-state index in [1.807, 2.05) is 12.1 Å². The Hall–Kier alpha value is -1.02. The molecule has 1 unspecified atom stereocenters. The highest BCUT2D eigenvalue weighted by Crippen LogP contribution is 2.23. The molecular formula is C12H17NSi. The van der Waals surface area contributed by atoms with Crippen molar-refractivity contribution >= 4 is 13.8 Å². The molecule has 1 aromatic carbocycles. The zero-order valence-electron chi connectivity index (χ0n) is 9.77. The van der Waals surface area contributed by atoms with Crippen LogP contribution in [0.25, 0.3) is 0 Å². The maximum Gasteiger partial charge on any atom is 0.0738 e. The summed E-state index contributed by atoms with van der Waals surface area (Å²) in [7, 11) is -1.43. The molecule has 0 bridgehead atoms. The zero-order valence-corrected chi connectivity index (χ0v) is 9.77. The summed E-state index contributed by atoms with van der Waals surface area (Å²) in [6.45, 7) is 4.56. The number of anilines is 1. The first-order chi connectivity index (χ1) is 7.09. The van der Waals surface area contributed by atoms with Crippen molar-refractivity contribution in [1.29, 1.82) is 0 Å². The van der Waals surface area contributed by atoms with E-state index in [0.29, 0.717) is 0 Å². The topological polar surface area (TPSA) is 3.24 Å². The van der Waals surface area contributed by atoms with Crippen LogP contribution in [0.5, 0.6) is 0 Å². The lowest BCUT2D eigenvalue weighted by molar-refractivity contribution is 1.08. The van der Waals surface area contributed by atoms with Gasteiger partial charge in [0.05, 0.1) is 8.07 Å². The minimum absolute atomic E-state index is 0.0393. The second-order valence-corrected chi connectivity index (χ2v) is 9.09. The molecule has 1 aliphatic heterocycles. The van der Waals surface area contributed by atoms with Crippen molar-refractivity contribution in [3.63, 3.8) is 0 Å². The normalized spacial score (nSPS) is 26.0. The highest BCUT2D eigenvalue weighted by molar-refractivity contribution is 6.78. The first-order valence-electron chi connectivity index (χ1n) is 5.59. The number of para-hydroxylation sites is 1. The molecule has 0 fully saturated rings. The van der Waals surface area contributed by atoms with E-state index in [-0.39, 0.29) is 6.02 Å². The maximum atomic E-state index is 7.98. The van der Waals surface area contributed by atoms with E-state index < -0.39 is 8.07 Å². The molecule has 0 amide bonds. The summed E-state index contributed by atoms with van der Waals surface area (Å²) in [5.74, 6) is 0. The summed E-state index contributed by atoms with van der Waals surface area (Å²) in [5.41, 5.74) is 1.24. The fourth-order valence-electron chi connectivity index (χ4n) is 1.75. The van der Waals surface area contributed by atoms with Crippen molar-refractivity contribution in [2.75, 3.05) is 11.1 Å². The first kappa shape index (κ1) is 8.30. The predicted octanol–water partition coefficient (Wildman–Crippen LogP) is 3.27. The van der Waals surface area contributed by atoms with Gasteiger partial charge in [-0.3, -0.25) is 0 Å². The Kier molecular flexibility index (Phi) is 2.14. The Bertz CT molecular complexity index is 361. The maximum absolute atomic E-state index is 7.98. The molecule has 1 aliphatic rings. The summed E-state index contributed by atoms with van der Waals surface area (Å²) in [4.78, 5) is 2.28. The fraction of sp³-hybridized carbons (Fsp3) is 0.333. The van der Waals surface area contributed by atoms with E-state index in [0.717, 1.165) is 6.17 Å². The van der Waals surface area contributed by atoms with Crippen LogP contribution in [-0.4, -0.2) is 14.2 Å². The van der Waals surface area contributed by atoms with Crippen LogP contribution in [0, 0.1) is 0 Å². The number of rotatable bonds is 1. The van der Waals surface area contributed by atoms with Crippen molar-refractivity contribution in [2.45, 2.75) is 19.1 Å². The highest BCUT2D eigenvalue weighted by Gasteiger charge is 2.25. The van der Waals surface area contributed by atoms with Crippen molar-refractivity contribution in [2.24, 2.45) is 0 Å². The number of benzene rings is 1. The van der Waals surface area contributed by atoms with Crippen LogP contribution in [0.2, 0.25) is 19.1 Å². The number of nitrogens with zero attached hydrogens (tertiary/aromatic N) is 1. The van der Waals surface area contributed by atoms with Gasteiger partial charge in [-0.05, 0) is 24.4 Å². The van der Waals surface area contributed by atoms with E-state index >= 15 is 0 Å². The minimum atomic E-state index is -1.43. The van der Waals surface area contributed by atoms with Gasteiger partial charge >= 0.3 is 0 Å². The Balaban J connectivity index is 2.24. The third-order valence-electron chi connectivity index (χ3n) is 2.48. The summed E-state index contributed by atoms with van der Waals surface area (Å²) >= 11 is 0. The lowest BCUT2D eigenvalue weighted by atomic mass is 10.3. The van der Waals surface area contributed by atoms with E-state index in [4.69, 9.17) is 1.37 Å². The lowest BCUT2D eigenvalue weighted by Crippen LogP contribution is -2.42. The predicted molar refractivity (Wildman–Crippen MR) is 65.2 cm³/mol. The van der Waals surface area contributed by atoms with Gasteiger partial charge in [-0.1, -0.05) is 37.4 Å². The Labute approximate surface area is 88.5 Å². The van der Waals surface area contributed by atoms with Gasteiger partial charge in [0.25, 0.3) is 0 Å². The van der Waals surface area contributed by atoms with Crippen LogP contribution in [0.15, 0.2) is 42.6 Å². The van der Waals surface area contributed by atoms with Gasteiger partial charge in [0.2, 0.25) is 0 Å². The molecule has 0 spiro atoms. The van der Waals surface area contributed by atoms with E-state index in [1.54, 1.807) is 0 Å². The van der Waals surface area contributed by atoms with Crippen LogP contribution in [-0.2, 0) is 0 Å². The van der Waals surface area contributed by atoms with Crippen LogP contribution >= 0.6 is 0 Å². The first-order valence-corrected chi connectivity index (χ1v) is 8.30. The van der Waals surface area contributed by atoms with Gasteiger partial charge in [0.1, 0.15) is 0 Å². The van der Waals surface area contributed by atoms with Crippen LogP contribution in [0.4, 0.5) is 5.69 Å². The SMILES string of the molecule is [2H]C1C=CN(c2ccccc2)C[Si]1(C)C.